The van der Waals surface area contributed by atoms with Gasteiger partial charge in [-0.05, 0) is 56.2 Å². The van der Waals surface area contributed by atoms with Crippen LogP contribution in [0.1, 0.15) is 44.1 Å². The third-order valence-electron chi connectivity index (χ3n) is 3.39. The summed E-state index contributed by atoms with van der Waals surface area (Å²) in [6.07, 6.45) is 4.44. The maximum Gasteiger partial charge on any atom is 0.119 e. The van der Waals surface area contributed by atoms with Crippen molar-refractivity contribution in [3.8, 4) is 5.75 Å². The Balaban J connectivity index is 1.98. The lowest BCUT2D eigenvalue weighted by Crippen LogP contribution is -2.18. The average molecular weight is 218 g/mol. The predicted molar refractivity (Wildman–Crippen MR) is 65.7 cm³/mol. The van der Waals surface area contributed by atoms with Gasteiger partial charge >= 0.3 is 0 Å². The molecule has 0 saturated heterocycles. The third-order valence-corrected chi connectivity index (χ3v) is 3.39. The van der Waals surface area contributed by atoms with Crippen LogP contribution in [0.5, 0.6) is 5.75 Å². The summed E-state index contributed by atoms with van der Waals surface area (Å²) >= 11 is 0. The second kappa shape index (κ2) is 5.35. The Morgan fingerprint density at radius 1 is 1.12 bits per heavy atom. The molecule has 87 valence electrons. The van der Waals surface area contributed by atoms with E-state index < -0.39 is 0 Å². The SMILES string of the molecule is CCOc1ccc(C2CCC([NH])CC2)cc1. The maximum atomic E-state index is 7.69. The summed E-state index contributed by atoms with van der Waals surface area (Å²) in [6.45, 7) is 2.73. The van der Waals surface area contributed by atoms with Crippen molar-refractivity contribution < 1.29 is 4.74 Å². The zero-order valence-corrected chi connectivity index (χ0v) is 9.91. The highest BCUT2D eigenvalue weighted by molar-refractivity contribution is 5.29. The molecule has 1 saturated carbocycles. The van der Waals surface area contributed by atoms with E-state index in [4.69, 9.17) is 10.5 Å². The zero-order valence-electron chi connectivity index (χ0n) is 9.91. The highest BCUT2D eigenvalue weighted by atomic mass is 16.5. The van der Waals surface area contributed by atoms with Crippen molar-refractivity contribution in [2.24, 2.45) is 0 Å². The van der Waals surface area contributed by atoms with E-state index in [1.807, 2.05) is 6.92 Å². The molecular weight excluding hydrogens is 198 g/mol. The quantitative estimate of drug-likeness (QED) is 0.765. The van der Waals surface area contributed by atoms with Crippen molar-refractivity contribution >= 4 is 0 Å². The van der Waals surface area contributed by atoms with Gasteiger partial charge in [-0.1, -0.05) is 12.1 Å². The Kier molecular flexibility index (Phi) is 3.83. The van der Waals surface area contributed by atoms with Gasteiger partial charge in [-0.2, -0.15) is 0 Å². The van der Waals surface area contributed by atoms with Gasteiger partial charge in [0.05, 0.1) is 6.61 Å². The van der Waals surface area contributed by atoms with Gasteiger partial charge in [0.2, 0.25) is 0 Å². The van der Waals surface area contributed by atoms with Crippen LogP contribution in [0.15, 0.2) is 24.3 Å². The van der Waals surface area contributed by atoms with Crippen LogP contribution in [0.2, 0.25) is 0 Å². The van der Waals surface area contributed by atoms with Crippen molar-refractivity contribution in [3.63, 3.8) is 0 Å². The van der Waals surface area contributed by atoms with Crippen LogP contribution in [-0.2, 0) is 0 Å². The summed E-state index contributed by atoms with van der Waals surface area (Å²) in [7, 11) is 0. The number of ether oxygens (including phenoxy) is 1. The van der Waals surface area contributed by atoms with Crippen molar-refractivity contribution in [1.29, 1.82) is 0 Å². The normalized spacial score (nSPS) is 25.4. The minimum absolute atomic E-state index is 0.180. The Bertz CT molecular complexity index is 312. The van der Waals surface area contributed by atoms with E-state index >= 15 is 0 Å². The Labute approximate surface area is 97.8 Å². The molecule has 0 spiro atoms. The second-order valence-electron chi connectivity index (χ2n) is 4.55. The number of nitrogens with one attached hydrogen (secondary N) is 1. The molecule has 2 nitrogen and oxygen atoms in total. The van der Waals surface area contributed by atoms with Crippen LogP contribution in [0.25, 0.3) is 0 Å². The average Bonchev–Trinajstić information content (AvgIpc) is 2.32. The molecule has 1 aromatic rings. The number of benzene rings is 1. The van der Waals surface area contributed by atoms with Gasteiger partial charge in [-0.3, -0.25) is 5.73 Å². The summed E-state index contributed by atoms with van der Waals surface area (Å²) in [6, 6.07) is 8.66. The first-order valence-electron chi connectivity index (χ1n) is 6.23. The van der Waals surface area contributed by atoms with Crippen molar-refractivity contribution in [2.75, 3.05) is 6.61 Å². The van der Waals surface area contributed by atoms with Gasteiger partial charge in [0.1, 0.15) is 5.75 Å². The molecule has 0 atom stereocenters. The molecule has 0 bridgehead atoms. The maximum absolute atomic E-state index is 7.69. The molecular formula is C14H20NO. The van der Waals surface area contributed by atoms with Crippen LogP contribution < -0.4 is 10.5 Å². The molecule has 1 aliphatic carbocycles. The Morgan fingerprint density at radius 2 is 1.75 bits per heavy atom. The lowest BCUT2D eigenvalue weighted by Gasteiger charge is -2.25. The van der Waals surface area contributed by atoms with E-state index in [0.29, 0.717) is 5.92 Å². The van der Waals surface area contributed by atoms with Gasteiger partial charge in [0.25, 0.3) is 0 Å². The fraction of sp³-hybridized carbons (Fsp3) is 0.571. The predicted octanol–water partition coefficient (Wildman–Crippen LogP) is 3.39. The van der Waals surface area contributed by atoms with Gasteiger partial charge in [0, 0.05) is 6.04 Å². The lowest BCUT2D eigenvalue weighted by atomic mass is 9.82. The Hall–Kier alpha value is -1.02. The number of rotatable bonds is 3. The fourth-order valence-electron chi connectivity index (χ4n) is 2.43. The molecule has 2 heteroatoms. The summed E-state index contributed by atoms with van der Waals surface area (Å²) in [5.74, 6) is 1.62. The topological polar surface area (TPSA) is 33.0 Å². The minimum Gasteiger partial charge on any atom is -0.494 e. The van der Waals surface area contributed by atoms with E-state index in [9.17, 15) is 0 Å². The largest absolute Gasteiger partial charge is 0.494 e. The molecule has 2 rings (SSSR count). The minimum atomic E-state index is 0.180. The monoisotopic (exact) mass is 218 g/mol. The van der Waals surface area contributed by atoms with Crippen LogP contribution in [0, 0.1) is 0 Å². The van der Waals surface area contributed by atoms with Crippen molar-refractivity contribution in [2.45, 2.75) is 44.6 Å². The second-order valence-corrected chi connectivity index (χ2v) is 4.55. The molecule has 16 heavy (non-hydrogen) atoms. The fourth-order valence-corrected chi connectivity index (χ4v) is 2.43. The van der Waals surface area contributed by atoms with Crippen molar-refractivity contribution in [3.05, 3.63) is 29.8 Å². The molecule has 1 fully saturated rings. The lowest BCUT2D eigenvalue weighted by molar-refractivity contribution is 0.339. The van der Waals surface area contributed by atoms with Crippen LogP contribution >= 0.6 is 0 Å². The molecule has 0 aromatic heterocycles. The zero-order chi connectivity index (χ0) is 11.4. The van der Waals surface area contributed by atoms with E-state index in [0.717, 1.165) is 25.2 Å². The van der Waals surface area contributed by atoms with E-state index in [2.05, 4.69) is 24.3 Å². The van der Waals surface area contributed by atoms with Crippen LogP contribution in [-0.4, -0.2) is 12.6 Å². The molecule has 0 aliphatic heterocycles. The first kappa shape index (κ1) is 11.5. The molecule has 1 aromatic carbocycles. The third kappa shape index (κ3) is 2.76. The highest BCUT2D eigenvalue weighted by Crippen LogP contribution is 2.33. The summed E-state index contributed by atoms with van der Waals surface area (Å²) in [5, 5.41) is 0. The molecule has 0 heterocycles. The van der Waals surface area contributed by atoms with Gasteiger partial charge in [-0.25, -0.2) is 0 Å². The Morgan fingerprint density at radius 3 is 2.31 bits per heavy atom. The van der Waals surface area contributed by atoms with Crippen molar-refractivity contribution in [1.82, 2.24) is 5.73 Å². The van der Waals surface area contributed by atoms with Gasteiger partial charge in [0.15, 0.2) is 0 Å². The van der Waals surface area contributed by atoms with Gasteiger partial charge < -0.3 is 4.74 Å². The van der Waals surface area contributed by atoms with E-state index in [1.54, 1.807) is 0 Å². The van der Waals surface area contributed by atoms with E-state index in [-0.39, 0.29) is 6.04 Å². The highest BCUT2D eigenvalue weighted by Gasteiger charge is 2.20. The molecule has 0 amide bonds. The van der Waals surface area contributed by atoms with Gasteiger partial charge in [-0.15, -0.1) is 0 Å². The molecule has 1 radical (unpaired) electrons. The number of hydrogen-bond donors (Lipinski definition) is 0. The smallest absolute Gasteiger partial charge is 0.119 e. The molecule has 1 N–H and O–H groups in total. The number of hydrogen-bond acceptors (Lipinski definition) is 1. The summed E-state index contributed by atoms with van der Waals surface area (Å²) in [4.78, 5) is 0. The molecule has 1 aliphatic rings. The van der Waals surface area contributed by atoms with Crippen LogP contribution in [0.3, 0.4) is 0 Å². The van der Waals surface area contributed by atoms with E-state index in [1.165, 1.54) is 18.4 Å². The standard InChI is InChI=1S/C14H20NO/c1-2-16-14-9-5-12(6-10-14)11-3-7-13(15)8-4-11/h5-6,9-11,13,15H,2-4,7-8H2,1H3. The summed E-state index contributed by atoms with van der Waals surface area (Å²) in [5.41, 5.74) is 9.11. The molecule has 0 unspecified atom stereocenters. The first-order valence-corrected chi connectivity index (χ1v) is 6.23. The van der Waals surface area contributed by atoms with Crippen LogP contribution in [0.4, 0.5) is 0 Å². The summed E-state index contributed by atoms with van der Waals surface area (Å²) < 4.78 is 5.44. The first-order chi connectivity index (χ1) is 7.79.